The maximum Gasteiger partial charge on any atom is 0.318 e. The number of aryl methyl sites for hydroxylation is 1. The molecule has 1 fully saturated rings. The van der Waals surface area contributed by atoms with E-state index >= 15 is 0 Å². The van der Waals surface area contributed by atoms with Gasteiger partial charge in [0.1, 0.15) is 17.5 Å². The normalized spacial score (nSPS) is 14.7. The Morgan fingerprint density at radius 3 is 2.80 bits per heavy atom. The molecule has 0 aliphatic heterocycles. The maximum absolute atomic E-state index is 14.0. The Morgan fingerprint density at radius 2 is 2.12 bits per heavy atom. The molecule has 0 unspecified atom stereocenters. The molecular formula is C18H22F2N4O. The van der Waals surface area contributed by atoms with E-state index < -0.39 is 11.6 Å². The smallest absolute Gasteiger partial charge is 0.318 e. The lowest BCUT2D eigenvalue weighted by molar-refractivity contribution is 0.169. The summed E-state index contributed by atoms with van der Waals surface area (Å²) in [6.07, 6.45) is 7.31. The highest BCUT2D eigenvalue weighted by atomic mass is 19.1. The zero-order valence-corrected chi connectivity index (χ0v) is 14.2. The van der Waals surface area contributed by atoms with Gasteiger partial charge in [-0.1, -0.05) is 12.8 Å². The van der Waals surface area contributed by atoms with Gasteiger partial charge in [-0.3, -0.25) is 0 Å². The molecule has 0 atom stereocenters. The fourth-order valence-corrected chi connectivity index (χ4v) is 3.25. The Morgan fingerprint density at radius 1 is 1.36 bits per heavy atom. The molecule has 1 aliphatic rings. The van der Waals surface area contributed by atoms with E-state index in [1.54, 1.807) is 17.3 Å². The number of carbonyl (C=O) groups excluding carboxylic acids is 1. The van der Waals surface area contributed by atoms with Gasteiger partial charge in [0.2, 0.25) is 0 Å². The quantitative estimate of drug-likeness (QED) is 0.901. The highest BCUT2D eigenvalue weighted by molar-refractivity contribution is 5.74. The summed E-state index contributed by atoms with van der Waals surface area (Å²) in [7, 11) is 1.85. The molecule has 134 valence electrons. The van der Waals surface area contributed by atoms with Crippen molar-refractivity contribution in [3.63, 3.8) is 0 Å². The van der Waals surface area contributed by atoms with Gasteiger partial charge in [-0.2, -0.15) is 0 Å². The minimum Gasteiger partial charge on any atom is -0.337 e. The van der Waals surface area contributed by atoms with Crippen molar-refractivity contribution in [3.8, 4) is 0 Å². The van der Waals surface area contributed by atoms with Crippen LogP contribution in [0.25, 0.3) is 0 Å². The molecule has 5 nitrogen and oxygen atoms in total. The number of nitrogens with zero attached hydrogens (tertiary/aromatic N) is 3. The molecule has 3 rings (SSSR count). The molecule has 0 radical (unpaired) electrons. The van der Waals surface area contributed by atoms with Crippen LogP contribution < -0.4 is 5.32 Å². The minimum absolute atomic E-state index is 0.0454. The summed E-state index contributed by atoms with van der Waals surface area (Å²) >= 11 is 0. The van der Waals surface area contributed by atoms with Crippen LogP contribution in [-0.4, -0.2) is 26.5 Å². The standard InChI is InChI=1S/C18H22F2N4O/c1-23-9-8-21-17(23)11-22-18(25)24(15-4-2-3-5-15)12-13-10-14(19)6-7-16(13)20/h6-10,15H,2-5,11-12H2,1H3,(H,22,25). The first-order valence-electron chi connectivity index (χ1n) is 8.49. The van der Waals surface area contributed by atoms with E-state index in [1.165, 1.54) is 0 Å². The lowest BCUT2D eigenvalue weighted by Gasteiger charge is -2.29. The summed E-state index contributed by atoms with van der Waals surface area (Å²) in [5, 5.41) is 2.84. The molecule has 1 saturated carbocycles. The predicted molar refractivity (Wildman–Crippen MR) is 89.6 cm³/mol. The lowest BCUT2D eigenvalue weighted by atomic mass is 10.1. The van der Waals surface area contributed by atoms with Crippen molar-refractivity contribution in [2.45, 2.75) is 44.8 Å². The molecule has 1 aromatic heterocycles. The van der Waals surface area contributed by atoms with Crippen LogP contribution in [-0.2, 0) is 20.1 Å². The van der Waals surface area contributed by atoms with Crippen molar-refractivity contribution in [3.05, 3.63) is 53.6 Å². The second-order valence-electron chi connectivity index (χ2n) is 6.41. The van der Waals surface area contributed by atoms with Crippen LogP contribution in [0.15, 0.2) is 30.6 Å². The molecular weight excluding hydrogens is 326 g/mol. The number of benzene rings is 1. The molecule has 25 heavy (non-hydrogen) atoms. The van der Waals surface area contributed by atoms with Gasteiger partial charge in [0, 0.05) is 31.0 Å². The Labute approximate surface area is 145 Å². The summed E-state index contributed by atoms with van der Waals surface area (Å²) in [5.41, 5.74) is 0.194. The molecule has 0 bridgehead atoms. The van der Waals surface area contributed by atoms with Gasteiger partial charge in [0.25, 0.3) is 0 Å². The first kappa shape index (κ1) is 17.4. The van der Waals surface area contributed by atoms with E-state index in [0.29, 0.717) is 0 Å². The zero-order chi connectivity index (χ0) is 17.8. The number of hydrogen-bond acceptors (Lipinski definition) is 2. The van der Waals surface area contributed by atoms with E-state index in [0.717, 1.165) is 49.7 Å². The highest BCUT2D eigenvalue weighted by Crippen LogP contribution is 2.26. The summed E-state index contributed by atoms with van der Waals surface area (Å²) in [6, 6.07) is 3.11. The van der Waals surface area contributed by atoms with E-state index in [1.807, 2.05) is 11.6 Å². The number of hydrogen-bond donors (Lipinski definition) is 1. The Hall–Kier alpha value is -2.44. The molecule has 2 amide bonds. The third-order valence-corrected chi connectivity index (χ3v) is 4.69. The van der Waals surface area contributed by atoms with Crippen LogP contribution in [0.5, 0.6) is 0 Å². The third-order valence-electron chi connectivity index (χ3n) is 4.69. The minimum atomic E-state index is -0.504. The van der Waals surface area contributed by atoms with Crippen molar-refractivity contribution in [1.82, 2.24) is 19.8 Å². The largest absolute Gasteiger partial charge is 0.337 e. The number of amides is 2. The Balaban J connectivity index is 1.73. The first-order valence-corrected chi connectivity index (χ1v) is 8.49. The predicted octanol–water partition coefficient (Wildman–Crippen LogP) is 3.35. The van der Waals surface area contributed by atoms with E-state index in [2.05, 4.69) is 10.3 Å². The van der Waals surface area contributed by atoms with Crippen molar-refractivity contribution in [1.29, 1.82) is 0 Å². The van der Waals surface area contributed by atoms with Gasteiger partial charge in [-0.15, -0.1) is 0 Å². The summed E-state index contributed by atoms with van der Waals surface area (Å²) in [6.45, 7) is 0.345. The Kier molecular flexibility index (Phi) is 5.31. The van der Waals surface area contributed by atoms with Gasteiger partial charge >= 0.3 is 6.03 Å². The molecule has 2 aromatic rings. The second-order valence-corrected chi connectivity index (χ2v) is 6.41. The lowest BCUT2D eigenvalue weighted by Crippen LogP contribution is -2.44. The average Bonchev–Trinajstić information content (AvgIpc) is 3.25. The monoisotopic (exact) mass is 348 g/mol. The number of rotatable bonds is 5. The number of urea groups is 1. The number of halogens is 2. The molecule has 1 aliphatic carbocycles. The van der Waals surface area contributed by atoms with Crippen molar-refractivity contribution < 1.29 is 13.6 Å². The van der Waals surface area contributed by atoms with E-state index in [4.69, 9.17) is 0 Å². The molecule has 1 heterocycles. The highest BCUT2D eigenvalue weighted by Gasteiger charge is 2.27. The maximum atomic E-state index is 14.0. The number of nitrogens with one attached hydrogen (secondary N) is 1. The fraction of sp³-hybridized carbons (Fsp3) is 0.444. The summed E-state index contributed by atoms with van der Waals surface area (Å²) < 4.78 is 29.3. The molecule has 0 saturated heterocycles. The summed E-state index contributed by atoms with van der Waals surface area (Å²) in [5.74, 6) is -0.269. The third kappa shape index (κ3) is 4.15. The van der Waals surface area contributed by atoms with Gasteiger partial charge in [0.05, 0.1) is 13.1 Å². The van der Waals surface area contributed by atoms with E-state index in [-0.39, 0.29) is 30.7 Å². The van der Waals surface area contributed by atoms with Gasteiger partial charge in [-0.25, -0.2) is 18.6 Å². The number of carbonyl (C=O) groups is 1. The van der Waals surface area contributed by atoms with Crippen molar-refractivity contribution >= 4 is 6.03 Å². The number of aromatic nitrogens is 2. The van der Waals surface area contributed by atoms with Crippen molar-refractivity contribution in [2.24, 2.45) is 7.05 Å². The number of imidazole rings is 1. The first-order chi connectivity index (χ1) is 12.0. The van der Waals surface area contributed by atoms with Gasteiger partial charge < -0.3 is 14.8 Å². The molecule has 1 N–H and O–H groups in total. The second kappa shape index (κ2) is 7.63. The Bertz CT molecular complexity index is 740. The topological polar surface area (TPSA) is 50.2 Å². The van der Waals surface area contributed by atoms with Crippen LogP contribution in [0.2, 0.25) is 0 Å². The zero-order valence-electron chi connectivity index (χ0n) is 14.2. The van der Waals surface area contributed by atoms with Crippen LogP contribution in [0.4, 0.5) is 13.6 Å². The van der Waals surface area contributed by atoms with Crippen LogP contribution in [0.3, 0.4) is 0 Å². The van der Waals surface area contributed by atoms with Gasteiger partial charge in [0.15, 0.2) is 0 Å². The molecule has 0 spiro atoms. The summed E-state index contributed by atoms with van der Waals surface area (Å²) in [4.78, 5) is 18.5. The SMILES string of the molecule is Cn1ccnc1CNC(=O)N(Cc1cc(F)ccc1F)C1CCCC1. The fourth-order valence-electron chi connectivity index (χ4n) is 3.25. The van der Waals surface area contributed by atoms with Gasteiger partial charge in [-0.05, 0) is 31.0 Å². The average molecular weight is 348 g/mol. The molecule has 1 aromatic carbocycles. The van der Waals surface area contributed by atoms with Crippen LogP contribution in [0.1, 0.15) is 37.1 Å². The van der Waals surface area contributed by atoms with Crippen molar-refractivity contribution in [2.75, 3.05) is 0 Å². The van der Waals surface area contributed by atoms with Crippen LogP contribution in [0, 0.1) is 11.6 Å². The van der Waals surface area contributed by atoms with Crippen LogP contribution >= 0.6 is 0 Å². The van der Waals surface area contributed by atoms with E-state index in [9.17, 15) is 13.6 Å². The molecule has 7 heteroatoms.